The summed E-state index contributed by atoms with van der Waals surface area (Å²) >= 11 is 2.01. The van der Waals surface area contributed by atoms with Gasteiger partial charge >= 0.3 is 0 Å². The molecule has 0 aromatic carbocycles. The van der Waals surface area contributed by atoms with Crippen LogP contribution in [-0.4, -0.2) is 66.1 Å². The maximum atomic E-state index is 11.4. The number of anilines is 1. The number of halogens is 1. The standard InChI is InChI=1S/C11H18IN5O/c1-16-4-6-17(7-5-16)3-2-13-10-9(12)11(18)15-8-14-10/h8H,2-7H2,1H3,(H2,13,14,15,18). The molecular weight excluding hydrogens is 345 g/mol. The molecule has 0 amide bonds. The summed E-state index contributed by atoms with van der Waals surface area (Å²) in [6.07, 6.45) is 1.43. The minimum atomic E-state index is -0.0901. The predicted molar refractivity (Wildman–Crippen MR) is 80.0 cm³/mol. The topological polar surface area (TPSA) is 64.3 Å². The lowest BCUT2D eigenvalue weighted by atomic mass is 10.3. The van der Waals surface area contributed by atoms with Gasteiger partial charge in [-0.1, -0.05) is 0 Å². The van der Waals surface area contributed by atoms with E-state index in [2.05, 4.69) is 32.1 Å². The first kappa shape index (κ1) is 13.8. The fourth-order valence-corrected chi connectivity index (χ4v) is 2.40. The molecule has 0 unspecified atom stereocenters. The number of nitrogens with one attached hydrogen (secondary N) is 2. The largest absolute Gasteiger partial charge is 0.368 e. The molecular formula is C11H18IN5O. The third kappa shape index (κ3) is 3.66. The molecule has 7 heteroatoms. The van der Waals surface area contributed by atoms with Gasteiger partial charge in [0, 0.05) is 39.3 Å². The normalized spacial score (nSPS) is 17.9. The molecule has 1 aliphatic heterocycles. The second-order valence-corrected chi connectivity index (χ2v) is 5.54. The quantitative estimate of drug-likeness (QED) is 0.740. The number of likely N-dealkylation sites (N-methyl/N-ethyl adjacent to an activating group) is 1. The average Bonchev–Trinajstić information content (AvgIpc) is 2.37. The van der Waals surface area contributed by atoms with Crippen molar-refractivity contribution in [3.05, 3.63) is 20.3 Å². The number of H-pyrrole nitrogens is 1. The molecule has 1 saturated heterocycles. The van der Waals surface area contributed by atoms with Gasteiger partial charge < -0.3 is 15.2 Å². The summed E-state index contributed by atoms with van der Waals surface area (Å²) in [6.45, 7) is 6.27. The zero-order valence-corrected chi connectivity index (χ0v) is 12.6. The van der Waals surface area contributed by atoms with Gasteiger partial charge in [0.25, 0.3) is 5.56 Å². The Morgan fingerprint density at radius 2 is 2.17 bits per heavy atom. The summed E-state index contributed by atoms with van der Waals surface area (Å²) in [5, 5.41) is 3.22. The zero-order chi connectivity index (χ0) is 13.0. The van der Waals surface area contributed by atoms with Crippen molar-refractivity contribution < 1.29 is 0 Å². The second-order valence-electron chi connectivity index (χ2n) is 4.47. The highest BCUT2D eigenvalue weighted by Crippen LogP contribution is 2.08. The Morgan fingerprint density at radius 3 is 2.89 bits per heavy atom. The number of nitrogens with zero attached hydrogens (tertiary/aromatic N) is 3. The molecule has 0 spiro atoms. The Bertz CT molecular complexity index is 441. The predicted octanol–water partition coefficient (Wildman–Crippen LogP) is 0.0338. The van der Waals surface area contributed by atoms with Crippen molar-refractivity contribution in [2.24, 2.45) is 0 Å². The van der Waals surface area contributed by atoms with Crippen molar-refractivity contribution in [2.45, 2.75) is 0 Å². The van der Waals surface area contributed by atoms with E-state index in [1.807, 2.05) is 22.6 Å². The van der Waals surface area contributed by atoms with E-state index in [-0.39, 0.29) is 5.56 Å². The monoisotopic (exact) mass is 363 g/mol. The van der Waals surface area contributed by atoms with Crippen LogP contribution in [0.3, 0.4) is 0 Å². The van der Waals surface area contributed by atoms with Crippen LogP contribution in [-0.2, 0) is 0 Å². The Hall–Kier alpha value is -0.670. The molecule has 2 heterocycles. The van der Waals surface area contributed by atoms with E-state index in [1.54, 1.807) is 0 Å². The molecule has 18 heavy (non-hydrogen) atoms. The Kier molecular flexibility index (Phi) is 4.95. The number of hydrogen-bond donors (Lipinski definition) is 2. The lowest BCUT2D eigenvalue weighted by Crippen LogP contribution is -2.45. The van der Waals surface area contributed by atoms with Crippen LogP contribution in [0, 0.1) is 3.57 Å². The molecule has 1 aromatic heterocycles. The molecule has 100 valence electrons. The summed E-state index contributed by atoms with van der Waals surface area (Å²) in [6, 6.07) is 0. The summed E-state index contributed by atoms with van der Waals surface area (Å²) in [7, 11) is 2.15. The first-order valence-corrected chi connectivity index (χ1v) is 7.12. The minimum Gasteiger partial charge on any atom is -0.368 e. The Morgan fingerprint density at radius 1 is 1.44 bits per heavy atom. The first-order valence-electron chi connectivity index (χ1n) is 6.05. The van der Waals surface area contributed by atoms with Gasteiger partial charge in [-0.15, -0.1) is 0 Å². The van der Waals surface area contributed by atoms with E-state index in [4.69, 9.17) is 0 Å². The Balaban J connectivity index is 1.78. The smallest absolute Gasteiger partial charge is 0.266 e. The first-order chi connectivity index (χ1) is 8.66. The van der Waals surface area contributed by atoms with Crippen molar-refractivity contribution in [3.8, 4) is 0 Å². The van der Waals surface area contributed by atoms with Gasteiger partial charge in [-0.25, -0.2) is 4.98 Å². The number of piperazine rings is 1. The van der Waals surface area contributed by atoms with Gasteiger partial charge in [0.1, 0.15) is 9.39 Å². The summed E-state index contributed by atoms with van der Waals surface area (Å²) in [5.74, 6) is 0.675. The molecule has 6 nitrogen and oxygen atoms in total. The van der Waals surface area contributed by atoms with Gasteiger partial charge in [0.2, 0.25) is 0 Å². The highest BCUT2D eigenvalue weighted by Gasteiger charge is 2.13. The van der Waals surface area contributed by atoms with Gasteiger partial charge in [-0.3, -0.25) is 9.69 Å². The van der Waals surface area contributed by atoms with Crippen LogP contribution < -0.4 is 10.9 Å². The highest BCUT2D eigenvalue weighted by molar-refractivity contribution is 14.1. The number of aromatic amines is 1. The lowest BCUT2D eigenvalue weighted by Gasteiger charge is -2.32. The van der Waals surface area contributed by atoms with Crippen molar-refractivity contribution in [1.82, 2.24) is 19.8 Å². The Labute approximate surface area is 120 Å². The summed E-state index contributed by atoms with van der Waals surface area (Å²) in [4.78, 5) is 22.8. The van der Waals surface area contributed by atoms with E-state index in [0.717, 1.165) is 39.3 Å². The van der Waals surface area contributed by atoms with E-state index in [9.17, 15) is 4.79 Å². The van der Waals surface area contributed by atoms with Crippen molar-refractivity contribution in [1.29, 1.82) is 0 Å². The molecule has 0 atom stereocenters. The molecule has 2 rings (SSSR count). The van der Waals surface area contributed by atoms with Gasteiger partial charge in [-0.2, -0.15) is 0 Å². The second kappa shape index (κ2) is 6.48. The van der Waals surface area contributed by atoms with E-state index in [1.165, 1.54) is 6.33 Å². The van der Waals surface area contributed by atoms with E-state index in [0.29, 0.717) is 9.39 Å². The summed E-state index contributed by atoms with van der Waals surface area (Å²) < 4.78 is 0.619. The average molecular weight is 363 g/mol. The number of aromatic nitrogens is 2. The van der Waals surface area contributed by atoms with Crippen LogP contribution in [0.1, 0.15) is 0 Å². The SMILES string of the molecule is CN1CCN(CCNc2nc[nH]c(=O)c2I)CC1. The summed E-state index contributed by atoms with van der Waals surface area (Å²) in [5.41, 5.74) is -0.0901. The van der Waals surface area contributed by atoms with Gasteiger partial charge in [0.05, 0.1) is 6.33 Å². The molecule has 0 aliphatic carbocycles. The molecule has 1 aliphatic rings. The fourth-order valence-electron chi connectivity index (χ4n) is 1.91. The molecule has 1 fully saturated rings. The van der Waals surface area contributed by atoms with Gasteiger partial charge in [-0.05, 0) is 29.6 Å². The van der Waals surface area contributed by atoms with Crippen LogP contribution in [0.2, 0.25) is 0 Å². The highest BCUT2D eigenvalue weighted by atomic mass is 127. The van der Waals surface area contributed by atoms with Crippen LogP contribution >= 0.6 is 22.6 Å². The van der Waals surface area contributed by atoms with Crippen LogP contribution in [0.4, 0.5) is 5.82 Å². The van der Waals surface area contributed by atoms with E-state index >= 15 is 0 Å². The fraction of sp³-hybridized carbons (Fsp3) is 0.636. The van der Waals surface area contributed by atoms with Crippen molar-refractivity contribution in [3.63, 3.8) is 0 Å². The number of rotatable bonds is 4. The van der Waals surface area contributed by atoms with E-state index < -0.39 is 0 Å². The third-order valence-electron chi connectivity index (χ3n) is 3.11. The van der Waals surface area contributed by atoms with Crippen LogP contribution in [0.15, 0.2) is 11.1 Å². The van der Waals surface area contributed by atoms with Crippen molar-refractivity contribution in [2.75, 3.05) is 51.6 Å². The maximum absolute atomic E-state index is 11.4. The zero-order valence-electron chi connectivity index (χ0n) is 10.4. The van der Waals surface area contributed by atoms with Gasteiger partial charge in [0.15, 0.2) is 0 Å². The molecule has 0 saturated carbocycles. The van der Waals surface area contributed by atoms with Crippen molar-refractivity contribution >= 4 is 28.4 Å². The molecule has 0 bridgehead atoms. The maximum Gasteiger partial charge on any atom is 0.266 e. The molecule has 2 N–H and O–H groups in total. The number of hydrogen-bond acceptors (Lipinski definition) is 5. The third-order valence-corrected chi connectivity index (χ3v) is 4.11. The minimum absolute atomic E-state index is 0.0901. The molecule has 0 radical (unpaired) electrons. The molecule has 1 aromatic rings. The lowest BCUT2D eigenvalue weighted by molar-refractivity contribution is 0.158. The van der Waals surface area contributed by atoms with Crippen LogP contribution in [0.5, 0.6) is 0 Å². The van der Waals surface area contributed by atoms with Crippen LogP contribution in [0.25, 0.3) is 0 Å².